The predicted octanol–water partition coefficient (Wildman–Crippen LogP) is 2.98. The number of hydrogen-bond donors (Lipinski definition) is 1. The Morgan fingerprint density at radius 1 is 1.44 bits per heavy atom. The molecule has 2 rings (SSSR count). The first-order chi connectivity index (χ1) is 8.79. The quantitative estimate of drug-likeness (QED) is 0.743. The van der Waals surface area contributed by atoms with Crippen molar-refractivity contribution in [3.63, 3.8) is 0 Å². The van der Waals surface area contributed by atoms with E-state index < -0.39 is 0 Å². The van der Waals surface area contributed by atoms with E-state index in [1.54, 1.807) is 0 Å². The third-order valence-corrected chi connectivity index (χ3v) is 3.31. The number of hydrogen-bond acceptors (Lipinski definition) is 2. The Kier molecular flexibility index (Phi) is 4.66. The zero-order valence-corrected chi connectivity index (χ0v) is 11.0. The molecular formula is C16H21NO. The van der Waals surface area contributed by atoms with E-state index in [4.69, 9.17) is 11.2 Å². The number of para-hydroxylation sites is 1. The number of ether oxygens (including phenoxy) is 1. The van der Waals surface area contributed by atoms with Crippen molar-refractivity contribution in [1.82, 2.24) is 5.32 Å². The van der Waals surface area contributed by atoms with Gasteiger partial charge in [0.2, 0.25) is 0 Å². The predicted molar refractivity (Wildman–Crippen MR) is 74.4 cm³/mol. The molecule has 18 heavy (non-hydrogen) atoms. The van der Waals surface area contributed by atoms with Crippen molar-refractivity contribution in [3.8, 4) is 18.1 Å². The van der Waals surface area contributed by atoms with Crippen LogP contribution >= 0.6 is 0 Å². The second-order valence-corrected chi connectivity index (χ2v) is 5.06. The summed E-state index contributed by atoms with van der Waals surface area (Å²) in [4.78, 5) is 0. The molecule has 96 valence electrons. The molecule has 2 heteroatoms. The maximum absolute atomic E-state index is 5.54. The highest BCUT2D eigenvalue weighted by Crippen LogP contribution is 2.33. The molecule has 0 saturated heterocycles. The van der Waals surface area contributed by atoms with Crippen LogP contribution in [-0.2, 0) is 6.54 Å². The fourth-order valence-corrected chi connectivity index (χ4v) is 2.13. The Balaban J connectivity index is 1.85. The van der Waals surface area contributed by atoms with Crippen LogP contribution in [0.5, 0.6) is 5.75 Å². The van der Waals surface area contributed by atoms with E-state index in [-0.39, 0.29) is 0 Å². The normalized spacial score (nSPS) is 16.0. The van der Waals surface area contributed by atoms with Gasteiger partial charge in [-0.05, 0) is 25.3 Å². The molecule has 0 radical (unpaired) electrons. The second-order valence-electron chi connectivity index (χ2n) is 5.06. The van der Waals surface area contributed by atoms with E-state index in [9.17, 15) is 0 Å². The average molecular weight is 243 g/mol. The van der Waals surface area contributed by atoms with Crippen molar-refractivity contribution in [2.75, 3.05) is 6.61 Å². The Morgan fingerprint density at radius 2 is 2.22 bits per heavy atom. The molecule has 1 aliphatic rings. The molecule has 2 nitrogen and oxygen atoms in total. The van der Waals surface area contributed by atoms with Crippen LogP contribution in [-0.4, -0.2) is 12.6 Å². The molecule has 1 N–H and O–H groups in total. The minimum absolute atomic E-state index is 0.328. The molecule has 1 aromatic carbocycles. The van der Waals surface area contributed by atoms with Crippen molar-refractivity contribution < 1.29 is 4.74 Å². The van der Waals surface area contributed by atoms with Crippen LogP contribution in [0.15, 0.2) is 24.3 Å². The van der Waals surface area contributed by atoms with Gasteiger partial charge in [-0.1, -0.05) is 37.0 Å². The summed E-state index contributed by atoms with van der Waals surface area (Å²) in [5, 5.41) is 3.56. The van der Waals surface area contributed by atoms with Crippen molar-refractivity contribution in [1.29, 1.82) is 0 Å². The molecule has 1 unspecified atom stereocenters. The van der Waals surface area contributed by atoms with Crippen LogP contribution in [0.3, 0.4) is 0 Å². The third-order valence-electron chi connectivity index (χ3n) is 3.31. The highest BCUT2D eigenvalue weighted by molar-refractivity contribution is 5.33. The lowest BCUT2D eigenvalue weighted by molar-refractivity contribution is 0.363. The van der Waals surface area contributed by atoms with Gasteiger partial charge in [-0.15, -0.1) is 6.42 Å². The van der Waals surface area contributed by atoms with Gasteiger partial charge in [0.05, 0.1) is 0 Å². The zero-order valence-electron chi connectivity index (χ0n) is 11.0. The van der Waals surface area contributed by atoms with Crippen LogP contribution in [0.25, 0.3) is 0 Å². The van der Waals surface area contributed by atoms with Crippen LogP contribution in [0.2, 0.25) is 0 Å². The third kappa shape index (κ3) is 4.09. The molecule has 0 aliphatic heterocycles. The van der Waals surface area contributed by atoms with Crippen LogP contribution in [0, 0.1) is 18.3 Å². The van der Waals surface area contributed by atoms with Gasteiger partial charge in [0.25, 0.3) is 0 Å². The van der Waals surface area contributed by atoms with Gasteiger partial charge in [-0.3, -0.25) is 0 Å². The zero-order chi connectivity index (χ0) is 12.8. The van der Waals surface area contributed by atoms with E-state index in [2.05, 4.69) is 24.2 Å². The fraction of sp³-hybridized carbons (Fsp3) is 0.500. The minimum atomic E-state index is 0.328. The van der Waals surface area contributed by atoms with E-state index in [0.717, 1.165) is 18.2 Å². The highest BCUT2D eigenvalue weighted by atomic mass is 16.5. The highest BCUT2D eigenvalue weighted by Gasteiger charge is 2.23. The van der Waals surface area contributed by atoms with Gasteiger partial charge >= 0.3 is 0 Å². The van der Waals surface area contributed by atoms with Gasteiger partial charge in [0.15, 0.2) is 0 Å². The van der Waals surface area contributed by atoms with Crippen molar-refractivity contribution >= 4 is 0 Å². The molecule has 1 aromatic rings. The van der Waals surface area contributed by atoms with E-state index in [1.807, 2.05) is 18.2 Å². The lowest BCUT2D eigenvalue weighted by Gasteiger charge is -2.15. The standard InChI is InChI=1S/C16H21NO/c1-3-10-18-16-7-5-4-6-15(16)12-17-13(2)11-14-8-9-14/h1,4-7,13-14,17H,8-12H2,2H3. The Labute approximate surface area is 110 Å². The summed E-state index contributed by atoms with van der Waals surface area (Å²) in [6, 6.07) is 8.63. The number of benzene rings is 1. The summed E-state index contributed by atoms with van der Waals surface area (Å²) in [7, 11) is 0. The van der Waals surface area contributed by atoms with Crippen molar-refractivity contribution in [3.05, 3.63) is 29.8 Å². The maximum Gasteiger partial charge on any atom is 0.148 e. The lowest BCUT2D eigenvalue weighted by atomic mass is 10.1. The van der Waals surface area contributed by atoms with E-state index in [0.29, 0.717) is 12.6 Å². The van der Waals surface area contributed by atoms with Gasteiger partial charge in [-0.2, -0.15) is 0 Å². The van der Waals surface area contributed by atoms with E-state index in [1.165, 1.54) is 24.8 Å². The largest absolute Gasteiger partial charge is 0.481 e. The molecule has 1 aliphatic carbocycles. The summed E-state index contributed by atoms with van der Waals surface area (Å²) in [6.45, 7) is 3.42. The fourth-order valence-electron chi connectivity index (χ4n) is 2.13. The van der Waals surface area contributed by atoms with Crippen LogP contribution in [0.4, 0.5) is 0 Å². The minimum Gasteiger partial charge on any atom is -0.481 e. The molecule has 0 aromatic heterocycles. The maximum atomic E-state index is 5.54. The number of terminal acetylenes is 1. The van der Waals surface area contributed by atoms with Crippen LogP contribution in [0.1, 0.15) is 31.7 Å². The summed E-state index contributed by atoms with van der Waals surface area (Å²) < 4.78 is 5.54. The molecule has 0 bridgehead atoms. The SMILES string of the molecule is C#CCOc1ccccc1CNC(C)CC1CC1. The molecule has 1 atom stereocenters. The van der Waals surface area contributed by atoms with Crippen LogP contribution < -0.4 is 10.1 Å². The summed E-state index contributed by atoms with van der Waals surface area (Å²) in [6.07, 6.45) is 9.33. The summed E-state index contributed by atoms with van der Waals surface area (Å²) in [5.41, 5.74) is 1.18. The molecule has 1 saturated carbocycles. The lowest BCUT2D eigenvalue weighted by Crippen LogP contribution is -2.26. The summed E-state index contributed by atoms with van der Waals surface area (Å²) >= 11 is 0. The Hall–Kier alpha value is -1.46. The first kappa shape index (κ1) is 13.0. The smallest absolute Gasteiger partial charge is 0.148 e. The average Bonchev–Trinajstić information content (AvgIpc) is 3.18. The Morgan fingerprint density at radius 3 is 2.94 bits per heavy atom. The second kappa shape index (κ2) is 6.47. The van der Waals surface area contributed by atoms with Crippen molar-refractivity contribution in [2.24, 2.45) is 5.92 Å². The van der Waals surface area contributed by atoms with Gasteiger partial charge < -0.3 is 10.1 Å². The van der Waals surface area contributed by atoms with E-state index >= 15 is 0 Å². The first-order valence-electron chi connectivity index (χ1n) is 6.67. The molecule has 0 heterocycles. The number of rotatable bonds is 7. The molecule has 1 fully saturated rings. The summed E-state index contributed by atoms with van der Waals surface area (Å²) in [5.74, 6) is 4.35. The Bertz CT molecular complexity index is 417. The first-order valence-corrected chi connectivity index (χ1v) is 6.67. The molecule has 0 amide bonds. The molecule has 0 spiro atoms. The monoisotopic (exact) mass is 243 g/mol. The molecular weight excluding hydrogens is 222 g/mol. The van der Waals surface area contributed by atoms with Crippen molar-refractivity contribution in [2.45, 2.75) is 38.8 Å². The van der Waals surface area contributed by atoms with Gasteiger partial charge in [0.1, 0.15) is 12.4 Å². The van der Waals surface area contributed by atoms with Gasteiger partial charge in [0, 0.05) is 18.2 Å². The topological polar surface area (TPSA) is 21.3 Å². The van der Waals surface area contributed by atoms with Gasteiger partial charge in [-0.25, -0.2) is 0 Å². The number of nitrogens with one attached hydrogen (secondary N) is 1.